The first-order valence-corrected chi connectivity index (χ1v) is 9.75. The van der Waals surface area contributed by atoms with Crippen molar-refractivity contribution in [2.75, 3.05) is 39.4 Å². The van der Waals surface area contributed by atoms with Crippen LogP contribution in [0.5, 0.6) is 5.75 Å². The van der Waals surface area contributed by atoms with Crippen molar-refractivity contribution in [2.24, 2.45) is 5.73 Å². The first kappa shape index (κ1) is 27.8. The number of hydroxylamine groups is 1. The molecule has 1 aromatic rings. The summed E-state index contributed by atoms with van der Waals surface area (Å²) in [6.45, 7) is 2.68. The maximum atomic E-state index is 12.6. The lowest BCUT2D eigenvalue weighted by atomic mass is 10.1. The number of hydrogen-bond donors (Lipinski definition) is 4. The van der Waals surface area contributed by atoms with Crippen molar-refractivity contribution in [1.29, 1.82) is 5.41 Å². The fourth-order valence-electron chi connectivity index (χ4n) is 2.43. The molecule has 0 spiro atoms. The van der Waals surface area contributed by atoms with Crippen molar-refractivity contribution in [2.45, 2.75) is 12.6 Å². The Morgan fingerprint density at radius 2 is 1.82 bits per heavy atom. The minimum Gasteiger partial charge on any atom is -0.493 e. The number of amides is 2. The van der Waals surface area contributed by atoms with E-state index in [-0.39, 0.29) is 11.9 Å². The lowest BCUT2D eigenvalue weighted by Gasteiger charge is -2.32. The van der Waals surface area contributed by atoms with Gasteiger partial charge in [-0.05, 0) is 18.2 Å². The predicted molar refractivity (Wildman–Crippen MR) is 110 cm³/mol. The van der Waals surface area contributed by atoms with Crippen molar-refractivity contribution in [3.63, 3.8) is 0 Å². The van der Waals surface area contributed by atoms with Crippen LogP contribution in [-0.4, -0.2) is 84.7 Å². The van der Waals surface area contributed by atoms with E-state index in [1.54, 1.807) is 28.0 Å². The van der Waals surface area contributed by atoms with E-state index in [1.807, 2.05) is 0 Å². The number of carboxylic acids is 1. The summed E-state index contributed by atoms with van der Waals surface area (Å²) in [5.41, 5.74) is 7.76. The summed E-state index contributed by atoms with van der Waals surface area (Å²) in [5, 5.41) is 14.5. The molecule has 184 valence electrons. The normalized spacial score (nSPS) is 13.5. The molecule has 0 bridgehead atoms. The number of rotatable bonds is 8. The Labute approximate surface area is 191 Å². The number of piperazine rings is 1. The van der Waals surface area contributed by atoms with Crippen LogP contribution < -0.4 is 16.0 Å². The highest BCUT2D eigenvalue weighted by Gasteiger charge is 2.38. The van der Waals surface area contributed by atoms with Gasteiger partial charge in [-0.2, -0.15) is 13.2 Å². The summed E-state index contributed by atoms with van der Waals surface area (Å²) >= 11 is 6.10. The van der Waals surface area contributed by atoms with Crippen molar-refractivity contribution in [3.05, 3.63) is 28.8 Å². The molecule has 1 fully saturated rings. The topological polar surface area (TPSA) is 158 Å². The highest BCUT2D eigenvalue weighted by molar-refractivity contribution is 6.31. The number of nitrogens with two attached hydrogens (primary N) is 1. The zero-order valence-electron chi connectivity index (χ0n) is 17.2. The molecular weight excluding hydrogens is 475 g/mol. The number of nitrogens with one attached hydrogen (secondary N) is 2. The maximum absolute atomic E-state index is 12.6. The molecule has 1 aliphatic rings. The van der Waals surface area contributed by atoms with Crippen LogP contribution in [0.1, 0.15) is 16.8 Å². The maximum Gasteiger partial charge on any atom is 0.490 e. The average Bonchev–Trinajstić information content (AvgIpc) is 2.75. The Morgan fingerprint density at radius 1 is 1.21 bits per heavy atom. The highest BCUT2D eigenvalue weighted by Crippen LogP contribution is 2.23. The summed E-state index contributed by atoms with van der Waals surface area (Å²) in [5.74, 6) is -2.67. The lowest BCUT2D eigenvalue weighted by molar-refractivity contribution is -0.192. The van der Waals surface area contributed by atoms with Gasteiger partial charge in [-0.15, -0.1) is 0 Å². The predicted octanol–water partition coefficient (Wildman–Crippen LogP) is 1.07. The number of nitrogens with zero attached hydrogens (tertiary/aromatic N) is 2. The molecular formula is C18H23ClF3N5O6. The number of carbonyl (C=O) groups excluding carboxylic acids is 2. The van der Waals surface area contributed by atoms with E-state index in [9.17, 15) is 22.8 Å². The standard InChI is InChI=1S/C16H22ClN5O4.C2HF3O2/c17-13-8-12(15(24)22-4-2-21(11-23)3-5-22)9-14(10-13)25-6-1-7-26-20-16(18)19;3-2(4,5)1(6)7/h8-11H,1-7H2,(H4,18,19,20);(H,6,7). The van der Waals surface area contributed by atoms with E-state index in [0.29, 0.717) is 62.1 Å². The van der Waals surface area contributed by atoms with Crippen LogP contribution >= 0.6 is 11.6 Å². The number of ether oxygens (including phenoxy) is 1. The van der Waals surface area contributed by atoms with Crippen molar-refractivity contribution < 1.29 is 42.2 Å². The molecule has 11 nitrogen and oxygen atoms in total. The Balaban J connectivity index is 0.000000675. The van der Waals surface area contributed by atoms with Gasteiger partial charge in [-0.1, -0.05) is 11.6 Å². The van der Waals surface area contributed by atoms with Gasteiger partial charge in [0.25, 0.3) is 5.91 Å². The number of hydrogen-bond acceptors (Lipinski definition) is 6. The second-order valence-corrected chi connectivity index (χ2v) is 6.91. The first-order valence-electron chi connectivity index (χ1n) is 9.38. The van der Waals surface area contributed by atoms with Crippen molar-refractivity contribution in [3.8, 4) is 5.75 Å². The first-order chi connectivity index (χ1) is 15.4. The van der Waals surface area contributed by atoms with Gasteiger partial charge in [-0.25, -0.2) is 10.3 Å². The number of carboxylic acid groups (broad SMARTS) is 1. The third-order valence-electron chi connectivity index (χ3n) is 3.95. The molecule has 1 saturated heterocycles. The molecule has 0 unspecified atom stereocenters. The number of carbonyl (C=O) groups is 3. The Bertz CT molecular complexity index is 834. The van der Waals surface area contributed by atoms with Crippen LogP contribution in [0.4, 0.5) is 13.2 Å². The van der Waals surface area contributed by atoms with Crippen LogP contribution in [0.3, 0.4) is 0 Å². The Kier molecular flexibility index (Phi) is 11.2. The Morgan fingerprint density at radius 3 is 2.33 bits per heavy atom. The van der Waals surface area contributed by atoms with Gasteiger partial charge in [0.15, 0.2) is 0 Å². The number of guanidine groups is 1. The fourth-order valence-corrected chi connectivity index (χ4v) is 2.66. The molecule has 1 aliphatic heterocycles. The fraction of sp³-hybridized carbons (Fsp3) is 0.444. The van der Waals surface area contributed by atoms with E-state index in [0.717, 1.165) is 6.41 Å². The molecule has 1 aromatic carbocycles. The monoisotopic (exact) mass is 497 g/mol. The second-order valence-electron chi connectivity index (χ2n) is 6.48. The second kappa shape index (κ2) is 13.3. The number of alkyl halides is 3. The molecule has 0 aliphatic carbocycles. The van der Waals surface area contributed by atoms with Crippen LogP contribution in [-0.2, 0) is 14.4 Å². The summed E-state index contributed by atoms with van der Waals surface area (Å²) < 4.78 is 37.3. The number of halogens is 4. The molecule has 0 atom stereocenters. The molecule has 2 rings (SSSR count). The van der Waals surface area contributed by atoms with Crippen LogP contribution in [0, 0.1) is 5.41 Å². The van der Waals surface area contributed by atoms with E-state index >= 15 is 0 Å². The summed E-state index contributed by atoms with van der Waals surface area (Å²) in [7, 11) is 0. The third kappa shape index (κ3) is 10.7. The molecule has 5 N–H and O–H groups in total. The van der Waals surface area contributed by atoms with E-state index < -0.39 is 12.1 Å². The summed E-state index contributed by atoms with van der Waals surface area (Å²) in [4.78, 5) is 40.5. The van der Waals surface area contributed by atoms with Gasteiger partial charge >= 0.3 is 12.1 Å². The summed E-state index contributed by atoms with van der Waals surface area (Å²) in [6.07, 6.45) is -3.73. The van der Waals surface area contributed by atoms with Gasteiger partial charge in [0.1, 0.15) is 5.75 Å². The zero-order chi connectivity index (χ0) is 25.0. The van der Waals surface area contributed by atoms with Crippen LogP contribution in [0.2, 0.25) is 5.02 Å². The molecule has 0 radical (unpaired) electrons. The van der Waals surface area contributed by atoms with Gasteiger partial charge in [0.2, 0.25) is 12.4 Å². The van der Waals surface area contributed by atoms with Gasteiger partial charge < -0.3 is 25.4 Å². The van der Waals surface area contributed by atoms with E-state index in [4.69, 9.17) is 42.2 Å². The van der Waals surface area contributed by atoms with Crippen molar-refractivity contribution in [1.82, 2.24) is 15.3 Å². The molecule has 0 aromatic heterocycles. The minimum atomic E-state index is -5.08. The molecule has 15 heteroatoms. The largest absolute Gasteiger partial charge is 0.493 e. The van der Waals surface area contributed by atoms with Crippen molar-refractivity contribution >= 4 is 35.8 Å². The van der Waals surface area contributed by atoms with E-state index in [2.05, 4.69) is 5.48 Å². The highest BCUT2D eigenvalue weighted by atomic mass is 35.5. The summed E-state index contributed by atoms with van der Waals surface area (Å²) in [6, 6.07) is 4.88. The molecule has 0 saturated carbocycles. The Hall–Kier alpha value is -3.26. The third-order valence-corrected chi connectivity index (χ3v) is 4.17. The minimum absolute atomic E-state index is 0.142. The van der Waals surface area contributed by atoms with Gasteiger partial charge in [-0.3, -0.25) is 19.8 Å². The van der Waals surface area contributed by atoms with E-state index in [1.165, 1.54) is 0 Å². The quantitative estimate of drug-likeness (QED) is 0.136. The zero-order valence-corrected chi connectivity index (χ0v) is 18.0. The molecule has 2 amide bonds. The lowest BCUT2D eigenvalue weighted by Crippen LogP contribution is -2.48. The van der Waals surface area contributed by atoms with Crippen LogP contribution in [0.25, 0.3) is 0 Å². The smallest absolute Gasteiger partial charge is 0.490 e. The molecule has 33 heavy (non-hydrogen) atoms. The SMILES string of the molecule is N=C(N)NOCCCOc1cc(Cl)cc(C(=O)N2CCN(C=O)CC2)c1.O=C(O)C(F)(F)F. The molecule has 1 heterocycles. The van der Waals surface area contributed by atoms with Gasteiger partial charge in [0.05, 0.1) is 13.2 Å². The average molecular weight is 498 g/mol. The number of aliphatic carboxylic acids is 1. The van der Waals surface area contributed by atoms with Crippen LogP contribution in [0.15, 0.2) is 18.2 Å². The number of benzene rings is 1. The van der Waals surface area contributed by atoms with Gasteiger partial charge in [0, 0.05) is 43.2 Å².